The lowest BCUT2D eigenvalue weighted by Crippen LogP contribution is -2.34. The molecule has 1 saturated heterocycles. The third kappa shape index (κ3) is 4.69. The Balaban J connectivity index is 1.30. The van der Waals surface area contributed by atoms with E-state index < -0.39 is 5.82 Å². The van der Waals surface area contributed by atoms with E-state index in [1.165, 1.54) is 17.4 Å². The standard InChI is InChI=1S/C31H29FN4O2S/c1-19-8-5-11-23(32)28(19)34-30(37)26-18-21-15-17-36(25-13-4-3-10-22(25)29(21)39-26)31(38)24-12-6-14-27(33-24)35-16-7-9-20(35)2/h3-6,8,10-14,18,20H,7,9,15-17H2,1-2H3,(H,34,37)/t20-/m0/s1. The van der Waals surface area contributed by atoms with Gasteiger partial charge in [-0.3, -0.25) is 9.59 Å². The van der Waals surface area contributed by atoms with Gasteiger partial charge in [0.2, 0.25) is 0 Å². The number of aromatic nitrogens is 1. The first-order valence-electron chi connectivity index (χ1n) is 13.2. The zero-order valence-corrected chi connectivity index (χ0v) is 22.7. The molecule has 2 aliphatic heterocycles. The third-order valence-corrected chi connectivity index (χ3v) is 8.79. The number of rotatable bonds is 4. The number of benzene rings is 2. The summed E-state index contributed by atoms with van der Waals surface area (Å²) in [5.74, 6) is -0.102. The fourth-order valence-electron chi connectivity index (χ4n) is 5.50. The maximum Gasteiger partial charge on any atom is 0.276 e. The van der Waals surface area contributed by atoms with Crippen molar-refractivity contribution in [1.82, 2.24) is 4.98 Å². The number of fused-ring (bicyclic) bond motifs is 3. The van der Waals surface area contributed by atoms with E-state index in [9.17, 15) is 14.0 Å². The Morgan fingerprint density at radius 1 is 1.05 bits per heavy atom. The predicted molar refractivity (Wildman–Crippen MR) is 155 cm³/mol. The van der Waals surface area contributed by atoms with Crippen molar-refractivity contribution >= 4 is 40.3 Å². The van der Waals surface area contributed by atoms with Crippen LogP contribution in [-0.2, 0) is 6.42 Å². The Kier molecular flexibility index (Phi) is 6.64. The molecule has 1 N–H and O–H groups in total. The fourth-order valence-corrected chi connectivity index (χ4v) is 6.64. The maximum absolute atomic E-state index is 14.3. The highest BCUT2D eigenvalue weighted by Crippen LogP contribution is 2.42. The molecule has 2 amide bonds. The lowest BCUT2D eigenvalue weighted by molar-refractivity contribution is 0.0981. The minimum Gasteiger partial charge on any atom is -0.354 e. The zero-order chi connectivity index (χ0) is 27.1. The van der Waals surface area contributed by atoms with E-state index in [1.807, 2.05) is 42.5 Å². The van der Waals surface area contributed by atoms with Gasteiger partial charge in [0.1, 0.15) is 17.3 Å². The molecule has 198 valence electrons. The number of thiophene rings is 1. The monoisotopic (exact) mass is 540 g/mol. The van der Waals surface area contributed by atoms with Gasteiger partial charge in [-0.15, -0.1) is 11.3 Å². The number of hydrogen-bond acceptors (Lipinski definition) is 5. The Morgan fingerprint density at radius 2 is 1.87 bits per heavy atom. The summed E-state index contributed by atoms with van der Waals surface area (Å²) in [7, 11) is 0. The van der Waals surface area contributed by atoms with Crippen LogP contribution in [0.1, 0.15) is 51.1 Å². The highest BCUT2D eigenvalue weighted by Gasteiger charge is 2.29. The van der Waals surface area contributed by atoms with E-state index in [0.717, 1.165) is 46.9 Å². The molecule has 2 aromatic heterocycles. The summed E-state index contributed by atoms with van der Waals surface area (Å²) in [4.78, 5) is 37.2. The van der Waals surface area contributed by atoms with E-state index >= 15 is 0 Å². The van der Waals surface area contributed by atoms with E-state index in [-0.39, 0.29) is 17.5 Å². The van der Waals surface area contributed by atoms with Crippen molar-refractivity contribution in [3.05, 3.63) is 94.2 Å². The summed E-state index contributed by atoms with van der Waals surface area (Å²) in [5.41, 5.74) is 3.97. The highest BCUT2D eigenvalue weighted by atomic mass is 32.1. The van der Waals surface area contributed by atoms with Gasteiger partial charge in [-0.25, -0.2) is 9.37 Å². The number of halogens is 1. The molecule has 4 aromatic rings. The molecule has 0 spiro atoms. The largest absolute Gasteiger partial charge is 0.354 e. The van der Waals surface area contributed by atoms with Crippen LogP contribution in [0.4, 0.5) is 21.6 Å². The summed E-state index contributed by atoms with van der Waals surface area (Å²) in [5, 5.41) is 2.74. The van der Waals surface area contributed by atoms with Crippen LogP contribution in [0.3, 0.4) is 0 Å². The summed E-state index contributed by atoms with van der Waals surface area (Å²) >= 11 is 1.36. The third-order valence-electron chi connectivity index (χ3n) is 7.58. The number of anilines is 3. The van der Waals surface area contributed by atoms with Crippen LogP contribution in [0.15, 0.2) is 66.7 Å². The van der Waals surface area contributed by atoms with Crippen LogP contribution in [0.25, 0.3) is 10.4 Å². The lowest BCUT2D eigenvalue weighted by atomic mass is 10.1. The number of nitrogens with zero attached hydrogens (tertiary/aromatic N) is 3. The molecule has 6 nitrogen and oxygen atoms in total. The lowest BCUT2D eigenvalue weighted by Gasteiger charge is -2.25. The second-order valence-electron chi connectivity index (χ2n) is 10.1. The summed E-state index contributed by atoms with van der Waals surface area (Å²) in [6, 6.07) is 20.4. The molecule has 1 fully saturated rings. The van der Waals surface area contributed by atoms with Crippen molar-refractivity contribution in [3.63, 3.8) is 0 Å². The average molecular weight is 541 g/mol. The SMILES string of the molecule is Cc1cccc(F)c1NC(=O)c1cc2c(s1)-c1ccccc1N(C(=O)c1cccc(N3CCC[C@@H]3C)n1)CC2. The van der Waals surface area contributed by atoms with Gasteiger partial charge in [-0.1, -0.05) is 36.4 Å². The van der Waals surface area contributed by atoms with Gasteiger partial charge >= 0.3 is 0 Å². The molecule has 0 bridgehead atoms. The summed E-state index contributed by atoms with van der Waals surface area (Å²) in [6.45, 7) is 5.36. The number of carbonyl (C=O) groups is 2. The predicted octanol–water partition coefficient (Wildman–Crippen LogP) is 6.70. The van der Waals surface area contributed by atoms with Crippen molar-refractivity contribution < 1.29 is 14.0 Å². The summed E-state index contributed by atoms with van der Waals surface area (Å²) in [6.07, 6.45) is 2.84. The quantitative estimate of drug-likeness (QED) is 0.313. The molecule has 0 radical (unpaired) electrons. The van der Waals surface area contributed by atoms with Gasteiger partial charge in [-0.2, -0.15) is 0 Å². The zero-order valence-electron chi connectivity index (χ0n) is 21.9. The smallest absolute Gasteiger partial charge is 0.276 e. The first kappa shape index (κ1) is 25.2. The van der Waals surface area contributed by atoms with Crippen molar-refractivity contribution in [3.8, 4) is 10.4 Å². The van der Waals surface area contributed by atoms with E-state index in [2.05, 4.69) is 17.1 Å². The van der Waals surface area contributed by atoms with Gasteiger partial charge in [0.15, 0.2) is 0 Å². The minimum absolute atomic E-state index is 0.140. The van der Waals surface area contributed by atoms with E-state index in [4.69, 9.17) is 4.98 Å². The van der Waals surface area contributed by atoms with Crippen LogP contribution in [-0.4, -0.2) is 35.9 Å². The number of aryl methyl sites for hydroxylation is 1. The molecule has 8 heteroatoms. The molecule has 2 aliphatic rings. The van der Waals surface area contributed by atoms with Crippen LogP contribution in [0.2, 0.25) is 0 Å². The Hall–Kier alpha value is -4.04. The molecule has 1 atom stereocenters. The molecular formula is C31H29FN4O2S. The minimum atomic E-state index is -0.460. The maximum atomic E-state index is 14.3. The number of nitrogens with one attached hydrogen (secondary N) is 1. The number of pyridine rings is 1. The second kappa shape index (κ2) is 10.3. The Bertz CT molecular complexity index is 1560. The fraction of sp³-hybridized carbons (Fsp3) is 0.258. The second-order valence-corrected chi connectivity index (χ2v) is 11.2. The number of hydrogen-bond donors (Lipinski definition) is 1. The van der Waals surface area contributed by atoms with Gasteiger partial charge in [0.25, 0.3) is 11.8 Å². The van der Waals surface area contributed by atoms with Gasteiger partial charge in [0, 0.05) is 29.6 Å². The van der Waals surface area contributed by atoms with E-state index in [0.29, 0.717) is 35.1 Å². The average Bonchev–Trinajstić information content (AvgIpc) is 3.54. The van der Waals surface area contributed by atoms with Crippen molar-refractivity contribution in [2.75, 3.05) is 28.2 Å². The molecule has 39 heavy (non-hydrogen) atoms. The van der Waals surface area contributed by atoms with E-state index in [1.54, 1.807) is 30.0 Å². The molecule has 4 heterocycles. The van der Waals surface area contributed by atoms with Gasteiger partial charge < -0.3 is 15.1 Å². The topological polar surface area (TPSA) is 65.5 Å². The number of carbonyl (C=O) groups excluding carboxylic acids is 2. The highest BCUT2D eigenvalue weighted by molar-refractivity contribution is 7.17. The molecule has 0 aliphatic carbocycles. The summed E-state index contributed by atoms with van der Waals surface area (Å²) < 4.78 is 14.3. The Morgan fingerprint density at radius 3 is 2.67 bits per heavy atom. The van der Waals surface area contributed by atoms with Crippen molar-refractivity contribution in [1.29, 1.82) is 0 Å². The van der Waals surface area contributed by atoms with Crippen LogP contribution in [0, 0.1) is 12.7 Å². The van der Waals surface area contributed by atoms with Gasteiger partial charge in [0.05, 0.1) is 16.3 Å². The normalized spacial score (nSPS) is 16.4. The first-order chi connectivity index (χ1) is 18.9. The molecule has 0 unspecified atom stereocenters. The molecule has 0 saturated carbocycles. The number of amides is 2. The van der Waals surface area contributed by atoms with Gasteiger partial charge in [-0.05, 0) is 74.6 Å². The van der Waals surface area contributed by atoms with Crippen molar-refractivity contribution in [2.45, 2.75) is 39.2 Å². The molecule has 6 rings (SSSR count). The first-order valence-corrected chi connectivity index (χ1v) is 14.1. The molecular weight excluding hydrogens is 511 g/mol. The Labute approximate surface area is 231 Å². The van der Waals surface area contributed by atoms with Crippen LogP contribution >= 0.6 is 11.3 Å². The van der Waals surface area contributed by atoms with Crippen LogP contribution < -0.4 is 15.1 Å². The van der Waals surface area contributed by atoms with Crippen molar-refractivity contribution in [2.24, 2.45) is 0 Å². The molecule has 2 aromatic carbocycles. The van der Waals surface area contributed by atoms with Crippen LogP contribution in [0.5, 0.6) is 0 Å². The number of para-hydroxylation sites is 2.